The van der Waals surface area contributed by atoms with Crippen LogP contribution in [0.4, 0.5) is 5.69 Å². The number of hydrogen-bond donors (Lipinski definition) is 2. The first-order chi connectivity index (χ1) is 20.7. The molecular weight excluding hydrogens is 610 g/mol. The van der Waals surface area contributed by atoms with Gasteiger partial charge in [-0.2, -0.15) is 4.31 Å². The van der Waals surface area contributed by atoms with Gasteiger partial charge in [0.15, 0.2) is 0 Å². The Kier molecular flexibility index (Phi) is 12.4. The minimum absolute atomic E-state index is 0.0313. The van der Waals surface area contributed by atoms with Crippen molar-refractivity contribution in [3.8, 4) is 11.5 Å². The lowest BCUT2D eigenvalue weighted by Crippen LogP contribution is -2.48. The third-order valence-corrected chi connectivity index (χ3v) is 10.0. The van der Waals surface area contributed by atoms with Crippen molar-refractivity contribution < 1.29 is 40.9 Å². The molecule has 2 aromatic rings. The van der Waals surface area contributed by atoms with Crippen LogP contribution < -0.4 is 14.2 Å². The number of carbonyl (C=O) groups excluding carboxylic acids is 1. The molecule has 1 amide bonds. The van der Waals surface area contributed by atoms with Gasteiger partial charge in [-0.05, 0) is 75.6 Å². The van der Waals surface area contributed by atoms with Crippen molar-refractivity contribution in [1.82, 2.24) is 9.21 Å². The van der Waals surface area contributed by atoms with Gasteiger partial charge in [0, 0.05) is 38.3 Å². The maximum atomic E-state index is 14.1. The number of likely N-dealkylation sites (N-methyl/N-ethyl adjacent to an activating group) is 1. The highest BCUT2D eigenvalue weighted by molar-refractivity contribution is 7.92. The summed E-state index contributed by atoms with van der Waals surface area (Å²) in [4.78, 5) is 15.7. The molecule has 0 unspecified atom stereocenters. The van der Waals surface area contributed by atoms with Crippen LogP contribution in [-0.2, 0) is 24.8 Å². The monoisotopic (exact) mass is 655 g/mol. The van der Waals surface area contributed by atoms with Crippen LogP contribution in [0.25, 0.3) is 0 Å². The van der Waals surface area contributed by atoms with Crippen LogP contribution >= 0.6 is 0 Å². The van der Waals surface area contributed by atoms with E-state index in [0.717, 1.165) is 12.7 Å². The van der Waals surface area contributed by atoms with E-state index in [2.05, 4.69) is 4.72 Å². The van der Waals surface area contributed by atoms with Crippen LogP contribution in [0.2, 0.25) is 0 Å². The Labute approximate surface area is 261 Å². The normalized spacial score (nSPS) is 21.6. The lowest BCUT2D eigenvalue weighted by Gasteiger charge is -2.35. The molecule has 1 aliphatic heterocycles. The van der Waals surface area contributed by atoms with Gasteiger partial charge < -0.3 is 24.2 Å². The summed E-state index contributed by atoms with van der Waals surface area (Å²) in [5.74, 6) is 0.0233. The Balaban J connectivity index is 1.97. The van der Waals surface area contributed by atoms with E-state index in [4.69, 9.17) is 14.2 Å². The molecule has 3 rings (SSSR count). The van der Waals surface area contributed by atoms with Gasteiger partial charge in [-0.3, -0.25) is 9.52 Å². The van der Waals surface area contributed by atoms with Gasteiger partial charge >= 0.3 is 0 Å². The van der Waals surface area contributed by atoms with Gasteiger partial charge in [0.1, 0.15) is 11.5 Å². The fourth-order valence-corrected chi connectivity index (χ4v) is 6.68. The summed E-state index contributed by atoms with van der Waals surface area (Å²) in [5.41, 5.74) is 0.347. The molecule has 2 aromatic carbocycles. The van der Waals surface area contributed by atoms with Crippen LogP contribution in [0.5, 0.6) is 11.5 Å². The van der Waals surface area contributed by atoms with Crippen molar-refractivity contribution in [1.29, 1.82) is 0 Å². The average Bonchev–Trinajstić information content (AvgIpc) is 2.97. The van der Waals surface area contributed by atoms with Gasteiger partial charge in [-0.15, -0.1) is 0 Å². The molecule has 0 bridgehead atoms. The minimum atomic E-state index is -3.86. The predicted molar refractivity (Wildman–Crippen MR) is 168 cm³/mol. The molecule has 44 heavy (non-hydrogen) atoms. The Morgan fingerprint density at radius 1 is 1.11 bits per heavy atom. The fraction of sp³-hybridized carbons (Fsp3) is 0.567. The number of ether oxygens (including phenoxy) is 3. The fourth-order valence-electron chi connectivity index (χ4n) is 4.94. The zero-order valence-electron chi connectivity index (χ0n) is 26.2. The van der Waals surface area contributed by atoms with Gasteiger partial charge in [0.2, 0.25) is 20.0 Å². The van der Waals surface area contributed by atoms with Crippen molar-refractivity contribution in [3.05, 3.63) is 48.0 Å². The highest BCUT2D eigenvalue weighted by atomic mass is 32.2. The van der Waals surface area contributed by atoms with Gasteiger partial charge in [0.25, 0.3) is 5.91 Å². The van der Waals surface area contributed by atoms with E-state index in [1.807, 2.05) is 13.8 Å². The second-order valence-corrected chi connectivity index (χ2v) is 15.1. The molecule has 246 valence electrons. The smallest absolute Gasteiger partial charge is 0.258 e. The number of methoxy groups -OCH3 is 1. The molecule has 0 aliphatic carbocycles. The summed E-state index contributed by atoms with van der Waals surface area (Å²) in [6.45, 7) is 5.68. The van der Waals surface area contributed by atoms with E-state index in [1.165, 1.54) is 47.6 Å². The number of nitrogens with zero attached hydrogens (tertiary/aromatic N) is 2. The van der Waals surface area contributed by atoms with Crippen molar-refractivity contribution >= 4 is 31.6 Å². The lowest BCUT2D eigenvalue weighted by atomic mass is 10.0. The van der Waals surface area contributed by atoms with Crippen LogP contribution in [0.1, 0.15) is 50.4 Å². The van der Waals surface area contributed by atoms with E-state index in [0.29, 0.717) is 30.9 Å². The third-order valence-electron chi connectivity index (χ3n) is 7.56. The number of benzene rings is 2. The van der Waals surface area contributed by atoms with E-state index >= 15 is 0 Å². The zero-order valence-corrected chi connectivity index (χ0v) is 27.9. The number of nitrogens with one attached hydrogen (secondary N) is 1. The van der Waals surface area contributed by atoms with Crippen LogP contribution in [-0.4, -0.2) is 102 Å². The minimum Gasteiger partial charge on any atom is -0.497 e. The first-order valence-electron chi connectivity index (χ1n) is 14.6. The van der Waals surface area contributed by atoms with Crippen LogP contribution in [0.15, 0.2) is 47.4 Å². The molecule has 0 fully saturated rings. The summed E-state index contributed by atoms with van der Waals surface area (Å²) in [5, 5.41) is 10.1. The summed E-state index contributed by atoms with van der Waals surface area (Å²) in [7, 11) is -4.47. The molecule has 0 aromatic heterocycles. The lowest BCUT2D eigenvalue weighted by molar-refractivity contribution is -0.00833. The number of rotatable bonds is 9. The molecule has 0 radical (unpaired) electrons. The number of aliphatic hydroxyl groups is 1. The summed E-state index contributed by atoms with van der Waals surface area (Å²) in [6, 6.07) is 10.1. The summed E-state index contributed by atoms with van der Waals surface area (Å²) in [6.07, 6.45) is 2.34. The summed E-state index contributed by atoms with van der Waals surface area (Å²) >= 11 is 0. The Bertz CT molecular complexity index is 1470. The Morgan fingerprint density at radius 2 is 1.80 bits per heavy atom. The molecule has 0 saturated carbocycles. The zero-order chi connectivity index (χ0) is 32.7. The second-order valence-electron chi connectivity index (χ2n) is 11.3. The van der Waals surface area contributed by atoms with Crippen LogP contribution in [0.3, 0.4) is 0 Å². The topological polar surface area (TPSA) is 152 Å². The van der Waals surface area contributed by atoms with Gasteiger partial charge in [-0.1, -0.05) is 6.92 Å². The van der Waals surface area contributed by atoms with Gasteiger partial charge in [0.05, 0.1) is 48.7 Å². The number of anilines is 1. The molecule has 12 nitrogen and oxygen atoms in total. The average molecular weight is 656 g/mol. The molecule has 0 saturated heterocycles. The molecular formula is C30H45N3O9S2. The molecule has 1 aliphatic rings. The van der Waals surface area contributed by atoms with Crippen molar-refractivity contribution in [2.45, 2.75) is 63.2 Å². The maximum Gasteiger partial charge on any atom is 0.258 e. The quantitative estimate of drug-likeness (QED) is 0.415. The van der Waals surface area contributed by atoms with E-state index in [1.54, 1.807) is 25.1 Å². The highest BCUT2D eigenvalue weighted by Crippen LogP contribution is 2.29. The highest BCUT2D eigenvalue weighted by Gasteiger charge is 2.32. The number of carbonyl (C=O) groups is 1. The number of amides is 1. The Morgan fingerprint density at radius 3 is 2.41 bits per heavy atom. The molecule has 4 atom stereocenters. The molecule has 14 heteroatoms. The van der Waals surface area contributed by atoms with Crippen LogP contribution in [0, 0.1) is 5.92 Å². The van der Waals surface area contributed by atoms with Gasteiger partial charge in [-0.25, -0.2) is 16.8 Å². The first-order valence-corrected chi connectivity index (χ1v) is 17.9. The van der Waals surface area contributed by atoms with Crippen molar-refractivity contribution in [2.24, 2.45) is 5.92 Å². The second kappa shape index (κ2) is 15.4. The van der Waals surface area contributed by atoms with E-state index < -0.39 is 38.1 Å². The maximum absolute atomic E-state index is 14.1. The SMILES string of the molecule is COc1ccc(S(=O)(=O)N(C)C[C@H]2OCCCC[C@@H](C)Oc3ccc(NS(C)(=O)=O)cc3C(=O)N([C@@H](C)CO)C[C@H]2C)cc1. The standard InChI is InChI=1S/C30H45N3O9S2/c1-21-18-33(22(2)20-34)30(35)27-17-24(31-43(6,36)37)10-15-28(27)42-23(3)9-7-8-16-41-29(21)19-32(4)44(38,39)26-13-11-25(40-5)12-14-26/h10-15,17,21-23,29,31,34H,7-9,16,18-20H2,1-6H3/t21-,22+,23-,29-/m1/s1. The molecule has 0 spiro atoms. The third kappa shape index (κ3) is 9.54. The number of hydrogen-bond acceptors (Lipinski definition) is 9. The number of aliphatic hydroxyl groups excluding tert-OH is 1. The summed E-state index contributed by atoms with van der Waals surface area (Å²) < 4.78 is 71.9. The predicted octanol–water partition coefficient (Wildman–Crippen LogP) is 3.18. The number of fused-ring (bicyclic) bond motifs is 1. The first kappa shape index (κ1) is 35.6. The van der Waals surface area contributed by atoms with Crippen molar-refractivity contribution in [2.75, 3.05) is 51.4 Å². The molecule has 1 heterocycles. The van der Waals surface area contributed by atoms with Crippen molar-refractivity contribution in [3.63, 3.8) is 0 Å². The van der Waals surface area contributed by atoms with E-state index in [9.17, 15) is 26.7 Å². The Hall–Kier alpha value is -2.91. The molecule has 2 N–H and O–H groups in total. The number of sulfonamides is 2. The largest absolute Gasteiger partial charge is 0.497 e. The van der Waals surface area contributed by atoms with E-state index in [-0.39, 0.29) is 47.9 Å².